The van der Waals surface area contributed by atoms with E-state index in [4.69, 9.17) is 9.40 Å². The van der Waals surface area contributed by atoms with Gasteiger partial charge in [0.1, 0.15) is 0 Å². The smallest absolute Gasteiger partial charge is 0.216 e. The topological polar surface area (TPSA) is 51.8 Å². The van der Waals surface area contributed by atoms with Crippen LogP contribution in [0.1, 0.15) is 11.1 Å². The van der Waals surface area contributed by atoms with Gasteiger partial charge in [0.25, 0.3) is 0 Å². The van der Waals surface area contributed by atoms with Crippen molar-refractivity contribution in [1.82, 2.24) is 15.0 Å². The van der Waals surface area contributed by atoms with Crippen LogP contribution in [-0.2, 0) is 20.1 Å². The van der Waals surface area contributed by atoms with Crippen LogP contribution in [0, 0.1) is 26.0 Å². The largest absolute Gasteiger partial charge is 0.486 e. The Hall–Kier alpha value is -4.44. The fourth-order valence-corrected chi connectivity index (χ4v) is 4.76. The zero-order valence-corrected chi connectivity index (χ0v) is 24.4. The van der Waals surface area contributed by atoms with Gasteiger partial charge in [-0.1, -0.05) is 53.4 Å². The first-order valence-electron chi connectivity index (χ1n) is 12.8. The fraction of sp³-hybridized carbons (Fsp3) is 0.0571. The molecule has 7 aromatic rings. The molecule has 4 nitrogen and oxygen atoms in total. The molecule has 0 atom stereocenters. The SMILES string of the molecule is Cc1cccc(C)c1-c1ccc2c(n1)oc1c(-c3ccccn3)[c-]ccc12.[Ir].[c-]1ccccc1-c1ccccn1. The summed E-state index contributed by atoms with van der Waals surface area (Å²) in [6.07, 6.45) is 3.57. The molecule has 0 bridgehead atoms. The molecule has 3 aromatic carbocycles. The molecule has 0 aliphatic carbocycles. The number of benzene rings is 3. The Morgan fingerprint density at radius 3 is 2.00 bits per heavy atom. The first-order chi connectivity index (χ1) is 19.2. The molecule has 0 aliphatic heterocycles. The van der Waals surface area contributed by atoms with Crippen LogP contribution in [-0.4, -0.2) is 15.0 Å². The van der Waals surface area contributed by atoms with Gasteiger partial charge in [-0.05, 0) is 60.6 Å². The molecular weight excluding hydrogens is 671 g/mol. The number of pyridine rings is 3. The number of nitrogens with zero attached hydrogens (tertiary/aromatic N) is 3. The van der Waals surface area contributed by atoms with Crippen LogP contribution >= 0.6 is 0 Å². The summed E-state index contributed by atoms with van der Waals surface area (Å²) in [6, 6.07) is 40.3. The summed E-state index contributed by atoms with van der Waals surface area (Å²) in [7, 11) is 0. The van der Waals surface area contributed by atoms with Crippen molar-refractivity contribution < 1.29 is 24.5 Å². The minimum absolute atomic E-state index is 0. The number of furan rings is 1. The van der Waals surface area contributed by atoms with E-state index < -0.39 is 0 Å². The second-order valence-electron chi connectivity index (χ2n) is 9.22. The molecular formula is C35H25IrN3O-2. The van der Waals surface area contributed by atoms with Crippen LogP contribution in [0.5, 0.6) is 0 Å². The number of fused-ring (bicyclic) bond motifs is 3. The summed E-state index contributed by atoms with van der Waals surface area (Å²) in [5.74, 6) is 0. The predicted molar refractivity (Wildman–Crippen MR) is 157 cm³/mol. The first kappa shape index (κ1) is 27.1. The Bertz CT molecular complexity index is 1810. The molecule has 4 heterocycles. The van der Waals surface area contributed by atoms with E-state index in [0.717, 1.165) is 50.1 Å². The average molecular weight is 696 g/mol. The molecule has 0 unspecified atom stereocenters. The minimum Gasteiger partial charge on any atom is -0.486 e. The second-order valence-corrected chi connectivity index (χ2v) is 9.22. The Balaban J connectivity index is 0.000000209. The Morgan fingerprint density at radius 2 is 1.32 bits per heavy atom. The van der Waals surface area contributed by atoms with Gasteiger partial charge in [0, 0.05) is 43.4 Å². The third-order valence-corrected chi connectivity index (χ3v) is 6.61. The number of rotatable bonds is 3. The number of hydrogen-bond acceptors (Lipinski definition) is 4. The Morgan fingerprint density at radius 1 is 0.600 bits per heavy atom. The van der Waals surface area contributed by atoms with E-state index in [1.165, 1.54) is 11.1 Å². The van der Waals surface area contributed by atoms with Crippen molar-refractivity contribution in [3.8, 4) is 33.8 Å². The van der Waals surface area contributed by atoms with Gasteiger partial charge in [-0.15, -0.1) is 54.1 Å². The standard InChI is InChI=1S/C24H17N2O.C11H8N.Ir/c1-15-7-5-8-16(2)22(15)21-13-12-18-17-9-6-10-19(20-11-3-4-14-25-20)23(17)27-24(18)26-21;1-2-6-10(7-3-1)11-8-4-5-9-12-11;/h3-9,11-14H,1-2H3;1-6,8-9H;/q2*-1;. The van der Waals surface area contributed by atoms with E-state index in [9.17, 15) is 0 Å². The van der Waals surface area contributed by atoms with Crippen molar-refractivity contribution in [2.75, 3.05) is 0 Å². The number of aromatic nitrogens is 3. The molecule has 5 heteroatoms. The number of hydrogen-bond donors (Lipinski definition) is 0. The van der Waals surface area contributed by atoms with Gasteiger partial charge in [0.15, 0.2) is 0 Å². The van der Waals surface area contributed by atoms with E-state index in [1.54, 1.807) is 12.4 Å². The maximum atomic E-state index is 6.20. The van der Waals surface area contributed by atoms with Crippen LogP contribution in [0.15, 0.2) is 120 Å². The Labute approximate surface area is 247 Å². The van der Waals surface area contributed by atoms with Crippen LogP contribution in [0.3, 0.4) is 0 Å². The molecule has 0 amide bonds. The summed E-state index contributed by atoms with van der Waals surface area (Å²) in [6.45, 7) is 4.22. The summed E-state index contributed by atoms with van der Waals surface area (Å²) in [4.78, 5) is 13.5. The van der Waals surface area contributed by atoms with E-state index in [-0.39, 0.29) is 20.1 Å². The van der Waals surface area contributed by atoms with Gasteiger partial charge in [-0.2, -0.15) is 0 Å². The zero-order valence-electron chi connectivity index (χ0n) is 22.1. The second kappa shape index (κ2) is 12.2. The summed E-state index contributed by atoms with van der Waals surface area (Å²) < 4.78 is 6.20. The molecule has 4 aromatic heterocycles. The minimum atomic E-state index is 0. The van der Waals surface area contributed by atoms with E-state index >= 15 is 0 Å². The van der Waals surface area contributed by atoms with Crippen molar-refractivity contribution in [2.45, 2.75) is 13.8 Å². The van der Waals surface area contributed by atoms with Gasteiger partial charge < -0.3 is 14.4 Å². The average Bonchev–Trinajstić information content (AvgIpc) is 3.37. The van der Waals surface area contributed by atoms with Crippen LogP contribution in [0.2, 0.25) is 0 Å². The molecule has 7 rings (SSSR count). The van der Waals surface area contributed by atoms with Crippen molar-refractivity contribution in [2.24, 2.45) is 0 Å². The van der Waals surface area contributed by atoms with E-state index in [2.05, 4.69) is 66.3 Å². The first-order valence-corrected chi connectivity index (χ1v) is 12.8. The van der Waals surface area contributed by atoms with Gasteiger partial charge >= 0.3 is 0 Å². The van der Waals surface area contributed by atoms with Crippen LogP contribution in [0.25, 0.3) is 55.8 Å². The molecule has 197 valence electrons. The zero-order chi connectivity index (χ0) is 26.6. The molecule has 1 radical (unpaired) electrons. The Kier molecular flexibility index (Phi) is 8.25. The maximum absolute atomic E-state index is 6.20. The van der Waals surface area contributed by atoms with Gasteiger partial charge in [-0.25, -0.2) is 4.98 Å². The van der Waals surface area contributed by atoms with E-state index in [0.29, 0.717) is 5.71 Å². The monoisotopic (exact) mass is 696 g/mol. The van der Waals surface area contributed by atoms with Gasteiger partial charge in [0.2, 0.25) is 5.71 Å². The molecule has 0 saturated heterocycles. The molecule has 0 N–H and O–H groups in total. The third-order valence-electron chi connectivity index (χ3n) is 6.61. The maximum Gasteiger partial charge on any atom is 0.216 e. The van der Waals surface area contributed by atoms with Crippen molar-refractivity contribution in [1.29, 1.82) is 0 Å². The van der Waals surface area contributed by atoms with Crippen molar-refractivity contribution in [3.63, 3.8) is 0 Å². The van der Waals surface area contributed by atoms with Crippen molar-refractivity contribution in [3.05, 3.63) is 139 Å². The third kappa shape index (κ3) is 5.48. The molecule has 0 spiro atoms. The summed E-state index contributed by atoms with van der Waals surface area (Å²) in [5, 5.41) is 2.04. The van der Waals surface area contributed by atoms with Crippen LogP contribution in [0.4, 0.5) is 0 Å². The van der Waals surface area contributed by atoms with Gasteiger partial charge in [-0.3, -0.25) is 0 Å². The summed E-state index contributed by atoms with van der Waals surface area (Å²) in [5.41, 5.74) is 9.64. The molecule has 40 heavy (non-hydrogen) atoms. The predicted octanol–water partition coefficient (Wildman–Crippen LogP) is 8.67. The molecule has 0 aliphatic rings. The molecule has 0 fully saturated rings. The molecule has 0 saturated carbocycles. The quantitative estimate of drug-likeness (QED) is 0.174. The fourth-order valence-electron chi connectivity index (χ4n) is 4.76. The van der Waals surface area contributed by atoms with E-state index in [1.807, 2.05) is 72.8 Å². The normalized spacial score (nSPS) is 10.6. The van der Waals surface area contributed by atoms with Gasteiger partial charge in [0.05, 0.1) is 11.3 Å². The number of aryl methyl sites for hydroxylation is 2. The van der Waals surface area contributed by atoms with Crippen LogP contribution < -0.4 is 0 Å². The summed E-state index contributed by atoms with van der Waals surface area (Å²) >= 11 is 0. The van der Waals surface area contributed by atoms with Crippen molar-refractivity contribution >= 4 is 22.1 Å².